The summed E-state index contributed by atoms with van der Waals surface area (Å²) in [4.78, 5) is 32.0. The van der Waals surface area contributed by atoms with Crippen LogP contribution in [0.5, 0.6) is 0 Å². The van der Waals surface area contributed by atoms with E-state index in [0.29, 0.717) is 30.5 Å². The molecule has 0 radical (unpaired) electrons. The highest BCUT2D eigenvalue weighted by molar-refractivity contribution is 7.13. The van der Waals surface area contributed by atoms with Gasteiger partial charge < -0.3 is 14.7 Å². The molecule has 0 spiro atoms. The molecule has 1 atom stereocenters. The maximum atomic E-state index is 12.3. The summed E-state index contributed by atoms with van der Waals surface area (Å²) >= 11 is 1.29. The van der Waals surface area contributed by atoms with Gasteiger partial charge in [-0.05, 0) is 13.3 Å². The van der Waals surface area contributed by atoms with Crippen LogP contribution in [0.25, 0.3) is 0 Å². The highest BCUT2D eigenvalue weighted by atomic mass is 32.1. The summed E-state index contributed by atoms with van der Waals surface area (Å²) < 4.78 is 4.89. The second kappa shape index (κ2) is 9.69. The van der Waals surface area contributed by atoms with Crippen LogP contribution >= 0.6 is 11.3 Å². The molecular formula is C16H26N4O4S. The molecule has 8 nitrogen and oxygen atoms in total. The number of carbonyl (C=O) groups excluding carboxylic acids is 2. The molecule has 2 amide bonds. The van der Waals surface area contributed by atoms with Gasteiger partial charge >= 0.3 is 12.0 Å². The lowest BCUT2D eigenvalue weighted by molar-refractivity contribution is -0.142. The minimum Gasteiger partial charge on any atom is -0.466 e. The summed E-state index contributed by atoms with van der Waals surface area (Å²) in [7, 11) is 0. The number of aliphatic hydroxyl groups is 1. The number of nitrogens with one attached hydrogen (secondary N) is 1. The maximum Gasteiger partial charge on any atom is 0.323 e. The maximum absolute atomic E-state index is 12.3. The number of hydrogen-bond donors (Lipinski definition) is 2. The summed E-state index contributed by atoms with van der Waals surface area (Å²) in [6.45, 7) is 7.02. The van der Waals surface area contributed by atoms with E-state index >= 15 is 0 Å². The molecule has 0 bridgehead atoms. The van der Waals surface area contributed by atoms with E-state index in [1.807, 2.05) is 0 Å². The molecule has 2 N–H and O–H groups in total. The average Bonchev–Trinajstić information content (AvgIpc) is 3.03. The molecule has 1 aromatic heterocycles. The molecule has 1 fully saturated rings. The van der Waals surface area contributed by atoms with Crippen molar-refractivity contribution < 1.29 is 19.4 Å². The minimum absolute atomic E-state index is 0.110. The van der Waals surface area contributed by atoms with E-state index in [0.717, 1.165) is 19.5 Å². The molecule has 0 aliphatic carbocycles. The van der Waals surface area contributed by atoms with Crippen LogP contribution in [0.1, 0.15) is 26.0 Å². The molecule has 9 heteroatoms. The number of piperazine rings is 1. The van der Waals surface area contributed by atoms with Gasteiger partial charge in [0.15, 0.2) is 5.13 Å². The minimum atomic E-state index is -0.323. The number of urea groups is 1. The van der Waals surface area contributed by atoms with Gasteiger partial charge in [-0.25, -0.2) is 9.78 Å². The van der Waals surface area contributed by atoms with Crippen molar-refractivity contribution in [3.8, 4) is 0 Å². The van der Waals surface area contributed by atoms with E-state index < -0.39 is 0 Å². The van der Waals surface area contributed by atoms with Crippen LogP contribution in [0.4, 0.5) is 9.93 Å². The van der Waals surface area contributed by atoms with Crippen LogP contribution in [-0.4, -0.2) is 77.3 Å². The summed E-state index contributed by atoms with van der Waals surface area (Å²) in [5.74, 6) is -0.323. The molecule has 25 heavy (non-hydrogen) atoms. The first-order chi connectivity index (χ1) is 12.1. The molecule has 140 valence electrons. The Labute approximate surface area is 151 Å². The van der Waals surface area contributed by atoms with Crippen LogP contribution < -0.4 is 5.32 Å². The van der Waals surface area contributed by atoms with Crippen molar-refractivity contribution in [1.82, 2.24) is 14.8 Å². The average molecular weight is 370 g/mol. The van der Waals surface area contributed by atoms with Gasteiger partial charge in [0.1, 0.15) is 0 Å². The summed E-state index contributed by atoms with van der Waals surface area (Å²) in [6, 6.07) is -0.0247. The monoisotopic (exact) mass is 370 g/mol. The van der Waals surface area contributed by atoms with Gasteiger partial charge in [-0.3, -0.25) is 15.0 Å². The first kappa shape index (κ1) is 19.6. The van der Waals surface area contributed by atoms with Crippen molar-refractivity contribution in [2.24, 2.45) is 0 Å². The van der Waals surface area contributed by atoms with Gasteiger partial charge in [-0.1, -0.05) is 6.92 Å². The van der Waals surface area contributed by atoms with Crippen molar-refractivity contribution in [1.29, 1.82) is 0 Å². The third-order valence-electron chi connectivity index (χ3n) is 4.20. The van der Waals surface area contributed by atoms with E-state index in [1.54, 1.807) is 17.2 Å². The molecule has 2 rings (SSSR count). The summed E-state index contributed by atoms with van der Waals surface area (Å²) in [6.07, 6.45) is 1.00. The number of aromatic nitrogens is 1. The number of thiazole rings is 1. The zero-order chi connectivity index (χ0) is 18.2. The number of carbonyl (C=O) groups is 2. The SMILES string of the molecule is CCOC(=O)Cc1csc(NC(=O)N2CCN(C(CC)CO)CC2)n1. The Hall–Kier alpha value is -1.71. The zero-order valence-electron chi connectivity index (χ0n) is 14.7. The van der Waals surface area contributed by atoms with Crippen molar-refractivity contribution in [3.05, 3.63) is 11.1 Å². The van der Waals surface area contributed by atoms with Crippen LogP contribution in [0.2, 0.25) is 0 Å². The standard InChI is InChI=1S/C16H26N4O4S/c1-3-13(10-21)19-5-7-20(8-6-19)16(23)18-15-17-12(11-25-15)9-14(22)24-4-2/h11,13,21H,3-10H2,1-2H3,(H,17,18,23). The Morgan fingerprint density at radius 1 is 1.36 bits per heavy atom. The normalized spacial score (nSPS) is 16.5. The summed E-state index contributed by atoms with van der Waals surface area (Å²) in [5, 5.41) is 14.4. The van der Waals surface area contributed by atoms with Crippen LogP contribution in [-0.2, 0) is 16.0 Å². The fraction of sp³-hybridized carbons (Fsp3) is 0.688. The Bertz CT molecular complexity index is 568. The van der Waals surface area contributed by atoms with Crippen molar-refractivity contribution in [2.45, 2.75) is 32.7 Å². The number of rotatable bonds is 7. The summed E-state index contributed by atoms with van der Waals surface area (Å²) in [5.41, 5.74) is 0.595. The van der Waals surface area contributed by atoms with Crippen molar-refractivity contribution >= 4 is 28.5 Å². The predicted molar refractivity (Wildman–Crippen MR) is 95.8 cm³/mol. The number of nitrogens with zero attached hydrogens (tertiary/aromatic N) is 3. The second-order valence-electron chi connectivity index (χ2n) is 5.82. The van der Waals surface area contributed by atoms with Crippen LogP contribution in [0.3, 0.4) is 0 Å². The lowest BCUT2D eigenvalue weighted by Gasteiger charge is -2.38. The number of anilines is 1. The van der Waals surface area contributed by atoms with E-state index in [4.69, 9.17) is 4.74 Å². The highest BCUT2D eigenvalue weighted by Crippen LogP contribution is 2.17. The van der Waals surface area contributed by atoms with Crippen molar-refractivity contribution in [3.63, 3.8) is 0 Å². The Morgan fingerprint density at radius 2 is 2.08 bits per heavy atom. The Morgan fingerprint density at radius 3 is 2.68 bits per heavy atom. The predicted octanol–water partition coefficient (Wildman–Crippen LogP) is 1.17. The highest BCUT2D eigenvalue weighted by Gasteiger charge is 2.25. The lowest BCUT2D eigenvalue weighted by atomic mass is 10.2. The molecule has 1 unspecified atom stereocenters. The number of amides is 2. The van der Waals surface area contributed by atoms with E-state index in [1.165, 1.54) is 11.3 Å². The van der Waals surface area contributed by atoms with E-state index in [9.17, 15) is 14.7 Å². The molecule has 0 aromatic carbocycles. The number of ether oxygens (including phenoxy) is 1. The Balaban J connectivity index is 1.81. The molecule has 1 aliphatic heterocycles. The quantitative estimate of drug-likeness (QED) is 0.700. The number of aliphatic hydroxyl groups excluding tert-OH is 1. The van der Waals surface area contributed by atoms with Gasteiger partial charge in [0, 0.05) is 37.6 Å². The topological polar surface area (TPSA) is 95.0 Å². The first-order valence-corrected chi connectivity index (χ1v) is 9.46. The van der Waals surface area contributed by atoms with Gasteiger partial charge in [0.05, 0.1) is 25.3 Å². The second-order valence-corrected chi connectivity index (χ2v) is 6.68. The van der Waals surface area contributed by atoms with Crippen molar-refractivity contribution in [2.75, 3.05) is 44.7 Å². The first-order valence-electron chi connectivity index (χ1n) is 8.58. The van der Waals surface area contributed by atoms with Gasteiger partial charge in [0.2, 0.25) is 0 Å². The van der Waals surface area contributed by atoms with Gasteiger partial charge in [-0.15, -0.1) is 11.3 Å². The van der Waals surface area contributed by atoms with Crippen LogP contribution in [0.15, 0.2) is 5.38 Å². The van der Waals surface area contributed by atoms with Gasteiger partial charge in [-0.2, -0.15) is 0 Å². The largest absolute Gasteiger partial charge is 0.466 e. The van der Waals surface area contributed by atoms with E-state index in [2.05, 4.69) is 22.1 Å². The third-order valence-corrected chi connectivity index (χ3v) is 5.00. The van der Waals surface area contributed by atoms with E-state index in [-0.39, 0.29) is 31.1 Å². The fourth-order valence-electron chi connectivity index (χ4n) is 2.77. The lowest BCUT2D eigenvalue weighted by Crippen LogP contribution is -2.53. The third kappa shape index (κ3) is 5.65. The van der Waals surface area contributed by atoms with Crippen LogP contribution in [0, 0.1) is 0 Å². The molecular weight excluding hydrogens is 344 g/mol. The Kier molecular flexibility index (Phi) is 7.60. The zero-order valence-corrected chi connectivity index (χ0v) is 15.5. The molecule has 1 saturated heterocycles. The molecule has 1 aliphatic rings. The van der Waals surface area contributed by atoms with Gasteiger partial charge in [0.25, 0.3) is 0 Å². The fourth-order valence-corrected chi connectivity index (χ4v) is 3.47. The molecule has 1 aromatic rings. The number of esters is 1. The molecule has 2 heterocycles. The molecule has 0 saturated carbocycles. The smallest absolute Gasteiger partial charge is 0.323 e. The number of hydrogen-bond acceptors (Lipinski definition) is 7.